The number of benzene rings is 3. The summed E-state index contributed by atoms with van der Waals surface area (Å²) in [5.41, 5.74) is 4.18. The molecule has 28 nitrogen and oxygen atoms in total. The van der Waals surface area contributed by atoms with Crippen LogP contribution in [0.4, 0.5) is 0 Å². The largest absolute Gasteiger partial charge is 0.496 e. The molecule has 0 radical (unpaired) electrons. The number of nitrogens with one attached hydrogen (secondary N) is 4. The van der Waals surface area contributed by atoms with Crippen molar-refractivity contribution >= 4 is 75.4 Å². The zero-order valence-electron chi connectivity index (χ0n) is 69.2. The van der Waals surface area contributed by atoms with Crippen molar-refractivity contribution in [2.75, 3.05) is 74.7 Å². The van der Waals surface area contributed by atoms with Crippen molar-refractivity contribution in [1.82, 2.24) is 51.0 Å². The number of pyridine rings is 1. The van der Waals surface area contributed by atoms with E-state index >= 15 is 0 Å². The number of unbranched alkanes of at least 4 members (excludes halogenated alkanes) is 6. The third-order valence-electron chi connectivity index (χ3n) is 22.8. The normalized spacial score (nSPS) is 17.2. The first-order chi connectivity index (χ1) is 57.1. The average Bonchev–Trinajstić information content (AvgIpc) is 1.43. The average molecular weight is 1660 g/mol. The lowest BCUT2D eigenvalue weighted by Crippen LogP contribution is -2.44. The quantitative estimate of drug-likeness (QED) is 0.0263. The van der Waals surface area contributed by atoms with E-state index in [9.17, 15) is 28.8 Å². The number of oxime groups is 3. The lowest BCUT2D eigenvalue weighted by atomic mass is 9.87. The minimum absolute atomic E-state index is 0.264. The number of rotatable bonds is 37. The molecule has 0 aliphatic carbocycles. The van der Waals surface area contributed by atoms with Crippen LogP contribution in [0.15, 0.2) is 126 Å². The van der Waals surface area contributed by atoms with E-state index in [1.165, 1.54) is 0 Å². The molecule has 0 bridgehead atoms. The first kappa shape index (κ1) is 88.9. The number of carbonyl (C=O) groups is 6. The zero-order valence-corrected chi connectivity index (χ0v) is 70.7. The van der Waals surface area contributed by atoms with E-state index in [2.05, 4.69) is 80.6 Å². The topological polar surface area (TPSA) is 340 Å². The molecular formula is C88H113Cl2N13O15. The number of Topliss-reactive ketones (excluding diaryl/α,β-unsaturated/α-hetero) is 3. The number of carbonyl (C=O) groups excluding carboxylic acids is 6. The Bertz CT molecular complexity index is 4620. The molecule has 6 aliphatic heterocycles. The van der Waals surface area contributed by atoms with Crippen LogP contribution in [-0.2, 0) is 43.3 Å². The Kier molecular flexibility index (Phi) is 32.6. The number of likely N-dealkylation sites (tertiary alicyclic amines) is 2. The Balaban J connectivity index is 0.000000174. The van der Waals surface area contributed by atoms with Crippen molar-refractivity contribution < 1.29 is 70.7 Å². The fraction of sp³-hybridized carbons (Fsp3) is 0.534. The Labute approximate surface area is 700 Å². The van der Waals surface area contributed by atoms with Gasteiger partial charge in [0.2, 0.25) is 17.7 Å². The number of hydrogen-bond acceptors (Lipinski definition) is 25. The van der Waals surface area contributed by atoms with E-state index in [-0.39, 0.29) is 46.3 Å². The van der Waals surface area contributed by atoms with Crippen molar-refractivity contribution in [3.63, 3.8) is 0 Å². The van der Waals surface area contributed by atoms with Gasteiger partial charge in [-0.15, -0.1) is 0 Å². The van der Waals surface area contributed by atoms with Crippen LogP contribution in [0.1, 0.15) is 230 Å². The number of aromatic nitrogens is 4. The smallest absolute Gasteiger partial charge is 0.269 e. The Morgan fingerprint density at radius 1 is 0.458 bits per heavy atom. The van der Waals surface area contributed by atoms with Crippen molar-refractivity contribution in [1.29, 1.82) is 0 Å². The van der Waals surface area contributed by atoms with Crippen molar-refractivity contribution in [2.45, 2.75) is 229 Å². The van der Waals surface area contributed by atoms with Crippen LogP contribution in [0.3, 0.4) is 0 Å². The standard InChI is InChI=1S/C33H41N5O5.C28H37ClN4O5.C27H35ClN4O5/c1-4-25(39)10-6-5-7-11-27(36-31(40)28-20-33(43-37-28)14-17-38(2)18-15-33)32-35-22-30(42-32)26-13-12-23(19-29(26)41-3)24-9-8-16-34-21-24;1-4-20(34)8-6-5-7-9-22(27-30-18-25(37-27)21-11-10-19(29)16-24(21)36-3)31-26(35)23-17-28(38-32-23)12-14-33(2)15-13-28;1-3-19(33)7-5-4-6-8-21(31-25(34)22-16-27(37-32-22)11-13-29-14-12-27)26-30-17-24(36-26)20-10-9-18(28)15-23(20)35-2/h8-9,12-13,16,19,21-22,27H,4-7,10-11,14-15,17-18,20H2,1-3H3,(H,36,40);10-11,16,18,22H,4-9,12-15,17H2,1-3H3,(H,31,35);9-10,15,17,21,29H,3-8,11-14,16H2,1-2H3,(H,31,34)/t27-;22-;21-/m000/s1. The SMILES string of the molecule is CCC(=O)CCCCC[C@H](NC(=O)C1=NOC2(CCN(C)CC2)C1)c1ncc(-c2ccc(-c3cccnc3)cc2OC)o1.CCC(=O)CCCCC[C@H](NC(=O)C1=NOC2(CCN(C)CC2)C1)c1ncc(-c2ccc(Cl)cc2OC)o1.CCC(=O)CCCCC[C@H](NC(=O)C1=NOC2(CCNCC2)C1)c1ncc(-c2ccc(Cl)cc2OC)o1. The highest BCUT2D eigenvalue weighted by Crippen LogP contribution is 2.42. The number of ketones is 3. The lowest BCUT2D eigenvalue weighted by molar-refractivity contribution is -0.119. The monoisotopic (exact) mass is 1660 g/mol. The van der Waals surface area contributed by atoms with Gasteiger partial charge in [-0.05, 0) is 126 Å². The van der Waals surface area contributed by atoms with Crippen LogP contribution >= 0.6 is 23.2 Å². The number of piperidine rings is 3. The lowest BCUT2D eigenvalue weighted by Gasteiger charge is -2.35. The van der Waals surface area contributed by atoms with Crippen LogP contribution in [0.25, 0.3) is 45.1 Å². The van der Waals surface area contributed by atoms with E-state index < -0.39 is 23.7 Å². The summed E-state index contributed by atoms with van der Waals surface area (Å²) < 4.78 is 35.1. The molecular weight excluding hydrogens is 1550 g/mol. The van der Waals surface area contributed by atoms with Crippen molar-refractivity contribution in [3.05, 3.63) is 125 Å². The number of nitrogens with zero attached hydrogens (tertiary/aromatic N) is 9. The van der Waals surface area contributed by atoms with Crippen LogP contribution in [-0.4, -0.2) is 173 Å². The summed E-state index contributed by atoms with van der Waals surface area (Å²) in [6, 6.07) is 19.0. The molecule has 13 rings (SSSR count). The Hall–Kier alpha value is -9.87. The van der Waals surface area contributed by atoms with Gasteiger partial charge in [0.25, 0.3) is 17.7 Å². The van der Waals surface area contributed by atoms with Crippen molar-refractivity contribution in [3.8, 4) is 62.3 Å². The highest BCUT2D eigenvalue weighted by Gasteiger charge is 2.46. The van der Waals surface area contributed by atoms with Crippen LogP contribution < -0.4 is 35.5 Å². The number of methoxy groups -OCH3 is 3. The van der Waals surface area contributed by atoms with Gasteiger partial charge < -0.3 is 73.0 Å². The van der Waals surface area contributed by atoms with Gasteiger partial charge in [-0.1, -0.05) is 110 Å². The number of ether oxygens (including phenoxy) is 3. The van der Waals surface area contributed by atoms with Crippen LogP contribution in [0.2, 0.25) is 10.0 Å². The summed E-state index contributed by atoms with van der Waals surface area (Å²) >= 11 is 12.2. The van der Waals surface area contributed by atoms with E-state index in [1.807, 2.05) is 63.2 Å². The summed E-state index contributed by atoms with van der Waals surface area (Å²) in [5, 5.41) is 26.2. The maximum Gasteiger partial charge on any atom is 0.269 e. The molecule has 10 heterocycles. The minimum Gasteiger partial charge on any atom is -0.496 e. The summed E-state index contributed by atoms with van der Waals surface area (Å²) in [7, 11) is 8.94. The summed E-state index contributed by atoms with van der Waals surface area (Å²) in [4.78, 5) is 115. The fourth-order valence-electron chi connectivity index (χ4n) is 15.3. The first-order valence-electron chi connectivity index (χ1n) is 41.6. The maximum atomic E-state index is 13.4. The van der Waals surface area contributed by atoms with Crippen LogP contribution in [0, 0.1) is 0 Å². The van der Waals surface area contributed by atoms with E-state index in [0.29, 0.717) is 156 Å². The Morgan fingerprint density at radius 3 is 1.16 bits per heavy atom. The molecule has 3 aromatic carbocycles. The van der Waals surface area contributed by atoms with Gasteiger partial charge >= 0.3 is 0 Å². The van der Waals surface area contributed by atoms with Crippen molar-refractivity contribution in [2.24, 2.45) is 15.5 Å². The van der Waals surface area contributed by atoms with E-state index in [4.69, 9.17) is 65.2 Å². The highest BCUT2D eigenvalue weighted by atomic mass is 35.5. The molecule has 3 spiro atoms. The fourth-order valence-corrected chi connectivity index (χ4v) is 15.6. The molecule has 0 unspecified atom stereocenters. The predicted molar refractivity (Wildman–Crippen MR) is 450 cm³/mol. The molecule has 30 heteroatoms. The van der Waals surface area contributed by atoms with Gasteiger partial charge in [-0.3, -0.25) is 33.8 Å². The van der Waals surface area contributed by atoms with Gasteiger partial charge in [0.05, 0.1) is 56.6 Å². The first-order valence-corrected chi connectivity index (χ1v) is 42.3. The zero-order chi connectivity index (χ0) is 83.6. The maximum absolute atomic E-state index is 13.4. The van der Waals surface area contributed by atoms with Crippen LogP contribution in [0.5, 0.6) is 17.2 Å². The highest BCUT2D eigenvalue weighted by molar-refractivity contribution is 6.40. The van der Waals surface area contributed by atoms with Gasteiger partial charge in [-0.2, -0.15) is 0 Å². The number of halogens is 2. The second kappa shape index (κ2) is 43.2. The molecule has 634 valence electrons. The molecule has 3 saturated heterocycles. The molecule has 3 atom stereocenters. The molecule has 3 fully saturated rings. The molecule has 4 N–H and O–H groups in total. The number of oxazole rings is 3. The summed E-state index contributed by atoms with van der Waals surface area (Å²) in [6.07, 6.45) is 27.8. The predicted octanol–water partition coefficient (Wildman–Crippen LogP) is 16.1. The minimum atomic E-state index is -0.458. The molecule has 0 saturated carbocycles. The third-order valence-corrected chi connectivity index (χ3v) is 23.3. The van der Waals surface area contributed by atoms with Gasteiger partial charge in [0, 0.05) is 150 Å². The second-order valence-corrected chi connectivity index (χ2v) is 32.3. The number of amides is 3. The Morgan fingerprint density at radius 2 is 0.814 bits per heavy atom. The third kappa shape index (κ3) is 24.4. The van der Waals surface area contributed by atoms with Gasteiger partial charge in [0.15, 0.2) is 17.3 Å². The van der Waals surface area contributed by atoms with E-state index in [0.717, 1.165) is 163 Å². The summed E-state index contributed by atoms with van der Waals surface area (Å²) in [5.74, 6) is 4.60. The molecule has 118 heavy (non-hydrogen) atoms. The second-order valence-electron chi connectivity index (χ2n) is 31.4. The number of hydrogen-bond donors (Lipinski definition) is 4. The molecule has 3 amide bonds. The van der Waals surface area contributed by atoms with E-state index in [1.54, 1.807) is 76.6 Å². The molecule has 7 aromatic rings. The summed E-state index contributed by atoms with van der Waals surface area (Å²) in [6.45, 7) is 11.0. The van der Waals surface area contributed by atoms with Gasteiger partial charge in [-0.25, -0.2) is 15.0 Å². The molecule has 4 aromatic heterocycles. The molecule has 6 aliphatic rings. The van der Waals surface area contributed by atoms with Gasteiger partial charge in [0.1, 0.15) is 86.7 Å².